The summed E-state index contributed by atoms with van der Waals surface area (Å²) in [4.78, 5) is 4.28. The van der Waals surface area contributed by atoms with E-state index in [1.165, 1.54) is 11.1 Å². The Balaban J connectivity index is 1.88. The number of rotatable bonds is 3. The third-order valence-electron chi connectivity index (χ3n) is 4.37. The van der Waals surface area contributed by atoms with Crippen molar-refractivity contribution in [3.05, 3.63) is 46.7 Å². The molecule has 0 spiro atoms. The van der Waals surface area contributed by atoms with Crippen molar-refractivity contribution in [3.8, 4) is 5.75 Å². The Hall–Kier alpha value is -1.81. The largest absolute Gasteiger partial charge is 0.508 e. The monoisotopic (exact) mass is 286 g/mol. The van der Waals surface area contributed by atoms with Gasteiger partial charge in [-0.25, -0.2) is 4.98 Å². The Morgan fingerprint density at radius 2 is 2.10 bits per heavy atom. The number of nitrogens with one attached hydrogen (secondary N) is 1. The quantitative estimate of drug-likeness (QED) is 0.898. The number of aromatic nitrogens is 1. The molecule has 1 aliphatic rings. The van der Waals surface area contributed by atoms with Crippen molar-refractivity contribution < 1.29 is 9.52 Å². The number of fused-ring (bicyclic) bond motifs is 1. The molecule has 4 heteroatoms. The van der Waals surface area contributed by atoms with Crippen LogP contribution in [0.1, 0.15) is 66.6 Å². The van der Waals surface area contributed by atoms with E-state index in [9.17, 15) is 5.11 Å². The Morgan fingerprint density at radius 3 is 2.76 bits per heavy atom. The lowest BCUT2D eigenvalue weighted by Gasteiger charge is -2.19. The van der Waals surface area contributed by atoms with E-state index < -0.39 is 0 Å². The summed E-state index contributed by atoms with van der Waals surface area (Å²) in [5.41, 5.74) is 3.57. The van der Waals surface area contributed by atoms with Crippen LogP contribution in [0.15, 0.2) is 22.7 Å². The third-order valence-corrected chi connectivity index (χ3v) is 4.37. The minimum atomic E-state index is 0.0155. The maximum Gasteiger partial charge on any atom is 0.211 e. The van der Waals surface area contributed by atoms with E-state index in [0.717, 1.165) is 17.7 Å². The van der Waals surface area contributed by atoms with Crippen molar-refractivity contribution >= 4 is 0 Å². The number of aryl methyl sites for hydroxylation is 2. The summed E-state index contributed by atoms with van der Waals surface area (Å²) in [5, 5.41) is 13.8. The number of benzene rings is 1. The van der Waals surface area contributed by atoms with Crippen LogP contribution in [-0.2, 0) is 0 Å². The second-order valence-electron chi connectivity index (χ2n) is 6.12. The van der Waals surface area contributed by atoms with Gasteiger partial charge in [-0.05, 0) is 50.3 Å². The summed E-state index contributed by atoms with van der Waals surface area (Å²) < 4.78 is 5.59. The van der Waals surface area contributed by atoms with Gasteiger partial charge in [0.15, 0.2) is 0 Å². The summed E-state index contributed by atoms with van der Waals surface area (Å²) in [7, 11) is 0. The molecule has 0 amide bonds. The number of oxazole rings is 1. The lowest BCUT2D eigenvalue weighted by molar-refractivity contribution is 0.361. The molecule has 1 aliphatic carbocycles. The van der Waals surface area contributed by atoms with E-state index in [1.807, 2.05) is 19.9 Å². The average Bonchev–Trinajstić information content (AvgIpc) is 2.99. The molecule has 3 atom stereocenters. The van der Waals surface area contributed by atoms with Crippen molar-refractivity contribution in [1.29, 1.82) is 0 Å². The van der Waals surface area contributed by atoms with Crippen LogP contribution in [0.25, 0.3) is 0 Å². The molecule has 1 heterocycles. The number of phenols is 1. The number of hydrogen-bond acceptors (Lipinski definition) is 4. The number of phenolic OH excluding ortho intramolecular Hbond substituents is 1. The molecule has 21 heavy (non-hydrogen) atoms. The molecular formula is C17H22N2O2. The van der Waals surface area contributed by atoms with Gasteiger partial charge in [-0.15, -0.1) is 0 Å². The predicted molar refractivity (Wildman–Crippen MR) is 81.4 cm³/mol. The first-order chi connectivity index (χ1) is 9.97. The molecule has 3 unspecified atom stereocenters. The zero-order valence-electron chi connectivity index (χ0n) is 13.0. The first-order valence-electron chi connectivity index (χ1n) is 7.48. The molecule has 2 N–H and O–H groups in total. The molecule has 112 valence electrons. The van der Waals surface area contributed by atoms with E-state index in [-0.39, 0.29) is 12.1 Å². The molecule has 0 fully saturated rings. The van der Waals surface area contributed by atoms with Crippen LogP contribution in [0.5, 0.6) is 5.75 Å². The molecule has 0 radical (unpaired) electrons. The summed E-state index contributed by atoms with van der Waals surface area (Å²) in [5.74, 6) is 2.34. The molecule has 1 aromatic heterocycles. The molecule has 2 aromatic rings. The van der Waals surface area contributed by atoms with Crippen molar-refractivity contribution in [2.75, 3.05) is 0 Å². The van der Waals surface area contributed by atoms with Gasteiger partial charge in [0, 0.05) is 11.6 Å². The summed E-state index contributed by atoms with van der Waals surface area (Å²) in [6, 6.07) is 3.94. The Bertz CT molecular complexity index is 663. The highest BCUT2D eigenvalue weighted by Crippen LogP contribution is 2.46. The zero-order valence-corrected chi connectivity index (χ0v) is 13.0. The lowest BCUT2D eigenvalue weighted by atomic mass is 9.97. The first kappa shape index (κ1) is 14.1. The van der Waals surface area contributed by atoms with Gasteiger partial charge in [-0.1, -0.05) is 13.0 Å². The molecule has 0 saturated carbocycles. The first-order valence-corrected chi connectivity index (χ1v) is 7.48. The highest BCUT2D eigenvalue weighted by Gasteiger charge is 2.33. The van der Waals surface area contributed by atoms with E-state index in [1.54, 1.807) is 12.3 Å². The van der Waals surface area contributed by atoms with E-state index >= 15 is 0 Å². The van der Waals surface area contributed by atoms with Gasteiger partial charge in [0.05, 0.1) is 12.2 Å². The fraction of sp³-hybridized carbons (Fsp3) is 0.471. The van der Waals surface area contributed by atoms with Gasteiger partial charge in [0.2, 0.25) is 5.89 Å². The lowest BCUT2D eigenvalue weighted by Crippen LogP contribution is -2.23. The van der Waals surface area contributed by atoms with E-state index in [4.69, 9.17) is 4.42 Å². The summed E-state index contributed by atoms with van der Waals surface area (Å²) in [6.07, 6.45) is 2.72. The molecule has 4 nitrogen and oxygen atoms in total. The standard InChI is InChI=1S/C17H22N2O2/c1-9-5-6-14(20)16-13(7-10(2)15(9)16)19-12(4)17-18-8-11(3)21-17/h5-6,8,10,12-13,19-20H,7H2,1-4H3. The number of hydrogen-bond donors (Lipinski definition) is 2. The van der Waals surface area contributed by atoms with Crippen LogP contribution >= 0.6 is 0 Å². The van der Waals surface area contributed by atoms with Gasteiger partial charge < -0.3 is 9.52 Å². The van der Waals surface area contributed by atoms with Crippen molar-refractivity contribution in [2.24, 2.45) is 0 Å². The Labute approximate surface area is 125 Å². The van der Waals surface area contributed by atoms with Crippen molar-refractivity contribution in [2.45, 2.75) is 52.1 Å². The fourth-order valence-corrected chi connectivity index (χ4v) is 3.44. The molecule has 3 rings (SSSR count). The Morgan fingerprint density at radius 1 is 1.33 bits per heavy atom. The van der Waals surface area contributed by atoms with Crippen LogP contribution in [0.4, 0.5) is 0 Å². The van der Waals surface area contributed by atoms with Crippen LogP contribution in [0.3, 0.4) is 0 Å². The number of aromatic hydroxyl groups is 1. The summed E-state index contributed by atoms with van der Waals surface area (Å²) >= 11 is 0. The maximum absolute atomic E-state index is 10.3. The highest BCUT2D eigenvalue weighted by atomic mass is 16.4. The fourth-order valence-electron chi connectivity index (χ4n) is 3.44. The normalized spacial score (nSPS) is 22.3. The molecule has 1 aromatic carbocycles. The van der Waals surface area contributed by atoms with Gasteiger partial charge in [-0.2, -0.15) is 0 Å². The zero-order chi connectivity index (χ0) is 15.1. The van der Waals surface area contributed by atoms with E-state index in [2.05, 4.69) is 24.1 Å². The van der Waals surface area contributed by atoms with Crippen LogP contribution in [-0.4, -0.2) is 10.1 Å². The minimum Gasteiger partial charge on any atom is -0.508 e. The van der Waals surface area contributed by atoms with Gasteiger partial charge in [0.1, 0.15) is 11.5 Å². The molecular weight excluding hydrogens is 264 g/mol. The molecule has 0 aliphatic heterocycles. The molecule has 0 bridgehead atoms. The maximum atomic E-state index is 10.3. The Kier molecular flexibility index (Phi) is 3.49. The van der Waals surface area contributed by atoms with Gasteiger partial charge in [0.25, 0.3) is 0 Å². The topological polar surface area (TPSA) is 58.3 Å². The minimum absolute atomic E-state index is 0.0155. The number of nitrogens with zero attached hydrogens (tertiary/aromatic N) is 1. The third kappa shape index (κ3) is 2.44. The van der Waals surface area contributed by atoms with Gasteiger partial charge in [-0.3, -0.25) is 5.32 Å². The SMILES string of the molecule is Cc1cnc(C(C)NC2CC(C)c3c(C)ccc(O)c32)o1. The van der Waals surface area contributed by atoms with Crippen LogP contribution in [0, 0.1) is 13.8 Å². The average molecular weight is 286 g/mol. The van der Waals surface area contributed by atoms with Crippen LogP contribution in [0.2, 0.25) is 0 Å². The second kappa shape index (κ2) is 5.19. The van der Waals surface area contributed by atoms with Crippen molar-refractivity contribution in [1.82, 2.24) is 10.3 Å². The second-order valence-corrected chi connectivity index (χ2v) is 6.12. The summed E-state index contributed by atoms with van der Waals surface area (Å²) in [6.45, 7) is 8.26. The predicted octanol–water partition coefficient (Wildman–Crippen LogP) is 3.90. The molecule has 0 saturated heterocycles. The van der Waals surface area contributed by atoms with Gasteiger partial charge >= 0.3 is 0 Å². The van der Waals surface area contributed by atoms with Crippen LogP contribution < -0.4 is 5.32 Å². The van der Waals surface area contributed by atoms with E-state index in [0.29, 0.717) is 17.6 Å². The highest BCUT2D eigenvalue weighted by molar-refractivity contribution is 5.50. The van der Waals surface area contributed by atoms with Crippen molar-refractivity contribution in [3.63, 3.8) is 0 Å². The smallest absolute Gasteiger partial charge is 0.211 e.